The summed E-state index contributed by atoms with van der Waals surface area (Å²) in [6, 6.07) is 14.5. The van der Waals surface area contributed by atoms with E-state index >= 15 is 0 Å². The van der Waals surface area contributed by atoms with Crippen LogP contribution in [0.15, 0.2) is 58.5 Å². The van der Waals surface area contributed by atoms with Crippen LogP contribution >= 0.6 is 11.8 Å². The van der Waals surface area contributed by atoms with Crippen molar-refractivity contribution in [3.05, 3.63) is 64.4 Å². The van der Waals surface area contributed by atoms with Gasteiger partial charge < -0.3 is 9.64 Å². The fourth-order valence-electron chi connectivity index (χ4n) is 3.41. The number of thioether (sulfide) groups is 1. The third kappa shape index (κ3) is 4.91. The zero-order valence-corrected chi connectivity index (χ0v) is 18.5. The number of para-hydroxylation sites is 2. The molecule has 1 N–H and O–H groups in total. The van der Waals surface area contributed by atoms with Gasteiger partial charge in [-0.2, -0.15) is 0 Å². The molecule has 1 aromatic heterocycles. The summed E-state index contributed by atoms with van der Waals surface area (Å²) in [4.78, 5) is 32.1. The van der Waals surface area contributed by atoms with Gasteiger partial charge in [-0.15, -0.1) is 0 Å². The second-order valence-corrected chi connectivity index (χ2v) is 7.93. The summed E-state index contributed by atoms with van der Waals surface area (Å²) in [5.74, 6) is 0.682. The molecule has 0 amide bonds. The number of hydrogen-bond acceptors (Lipinski definition) is 5. The SMILES string of the molecule is CC[NH+](CC)CCn1c(SCC(=O)c2ccccc2OC)nc2ccccc2c1=O. The molecule has 3 rings (SSSR count). The number of Topliss-reactive ketones (excluding diaryl/α,β-unsaturated/α-hetero) is 1. The van der Waals surface area contributed by atoms with Crippen molar-refractivity contribution in [2.45, 2.75) is 25.5 Å². The van der Waals surface area contributed by atoms with Crippen molar-refractivity contribution in [3.8, 4) is 5.75 Å². The fraction of sp³-hybridized carbons (Fsp3) is 0.348. The van der Waals surface area contributed by atoms with Gasteiger partial charge >= 0.3 is 0 Å². The molecule has 2 aromatic carbocycles. The van der Waals surface area contributed by atoms with Crippen molar-refractivity contribution >= 4 is 28.4 Å². The summed E-state index contributed by atoms with van der Waals surface area (Å²) in [7, 11) is 1.55. The molecule has 0 radical (unpaired) electrons. The molecule has 0 saturated heterocycles. The van der Waals surface area contributed by atoms with Crippen molar-refractivity contribution in [3.63, 3.8) is 0 Å². The van der Waals surface area contributed by atoms with E-state index < -0.39 is 0 Å². The molecule has 0 fully saturated rings. The number of nitrogens with zero attached hydrogens (tertiary/aromatic N) is 2. The quantitative estimate of drug-likeness (QED) is 0.306. The molecule has 0 aliphatic carbocycles. The van der Waals surface area contributed by atoms with Crippen LogP contribution in [0.2, 0.25) is 0 Å². The number of fused-ring (bicyclic) bond motifs is 1. The highest BCUT2D eigenvalue weighted by Crippen LogP contribution is 2.23. The first kappa shape index (κ1) is 22.1. The molecular formula is C23H28N3O3S+. The maximum atomic E-state index is 13.1. The average molecular weight is 427 g/mol. The Morgan fingerprint density at radius 2 is 1.80 bits per heavy atom. The number of ketones is 1. The third-order valence-electron chi connectivity index (χ3n) is 5.26. The maximum absolute atomic E-state index is 13.1. The largest absolute Gasteiger partial charge is 0.496 e. The first-order valence-electron chi connectivity index (χ1n) is 10.2. The van der Waals surface area contributed by atoms with E-state index in [-0.39, 0.29) is 17.1 Å². The van der Waals surface area contributed by atoms with Gasteiger partial charge in [0.15, 0.2) is 10.9 Å². The summed E-state index contributed by atoms with van der Waals surface area (Å²) in [6.45, 7) is 7.69. The highest BCUT2D eigenvalue weighted by atomic mass is 32.2. The Morgan fingerprint density at radius 1 is 1.10 bits per heavy atom. The van der Waals surface area contributed by atoms with Gasteiger partial charge in [0.2, 0.25) is 0 Å². The first-order valence-corrected chi connectivity index (χ1v) is 11.2. The van der Waals surface area contributed by atoms with E-state index in [1.54, 1.807) is 29.9 Å². The lowest BCUT2D eigenvalue weighted by Crippen LogP contribution is -3.11. The first-order chi connectivity index (χ1) is 14.6. The number of likely N-dealkylation sites (N-methyl/N-ethyl adjacent to an activating group) is 1. The Morgan fingerprint density at radius 3 is 2.53 bits per heavy atom. The molecule has 3 aromatic rings. The van der Waals surface area contributed by atoms with Crippen LogP contribution in [-0.2, 0) is 6.54 Å². The van der Waals surface area contributed by atoms with E-state index in [1.165, 1.54) is 16.7 Å². The number of aromatic nitrogens is 2. The second kappa shape index (κ2) is 10.4. The van der Waals surface area contributed by atoms with Gasteiger partial charge in [0.1, 0.15) is 5.75 Å². The van der Waals surface area contributed by atoms with E-state index in [4.69, 9.17) is 9.72 Å². The van der Waals surface area contributed by atoms with E-state index in [9.17, 15) is 9.59 Å². The van der Waals surface area contributed by atoms with Crippen LogP contribution in [0.5, 0.6) is 5.75 Å². The lowest BCUT2D eigenvalue weighted by Gasteiger charge is -2.18. The predicted molar refractivity (Wildman–Crippen MR) is 121 cm³/mol. The molecule has 0 bridgehead atoms. The summed E-state index contributed by atoms with van der Waals surface area (Å²) < 4.78 is 7.02. The highest BCUT2D eigenvalue weighted by Gasteiger charge is 2.17. The zero-order valence-electron chi connectivity index (χ0n) is 17.7. The van der Waals surface area contributed by atoms with E-state index in [0.717, 1.165) is 19.6 Å². The van der Waals surface area contributed by atoms with Gasteiger partial charge in [0, 0.05) is 0 Å². The molecular weight excluding hydrogens is 398 g/mol. The minimum Gasteiger partial charge on any atom is -0.496 e. The fourth-order valence-corrected chi connectivity index (χ4v) is 4.32. The van der Waals surface area contributed by atoms with Crippen LogP contribution in [0.3, 0.4) is 0 Å². The molecule has 30 heavy (non-hydrogen) atoms. The summed E-state index contributed by atoms with van der Waals surface area (Å²) in [6.07, 6.45) is 0. The van der Waals surface area contributed by atoms with Crippen molar-refractivity contribution in [1.82, 2.24) is 9.55 Å². The normalized spacial score (nSPS) is 11.2. The molecule has 0 saturated carbocycles. The summed E-state index contributed by atoms with van der Waals surface area (Å²) >= 11 is 1.30. The second-order valence-electron chi connectivity index (χ2n) is 6.99. The molecule has 0 aliphatic heterocycles. The van der Waals surface area contributed by atoms with Crippen molar-refractivity contribution in [2.75, 3.05) is 32.5 Å². The molecule has 0 unspecified atom stereocenters. The molecule has 6 nitrogen and oxygen atoms in total. The van der Waals surface area contributed by atoms with Crippen molar-refractivity contribution in [1.29, 1.82) is 0 Å². The van der Waals surface area contributed by atoms with Crippen LogP contribution in [0.1, 0.15) is 24.2 Å². The number of carbonyl (C=O) groups excluding carboxylic acids is 1. The number of ether oxygens (including phenoxy) is 1. The molecule has 7 heteroatoms. The maximum Gasteiger partial charge on any atom is 0.262 e. The predicted octanol–water partition coefficient (Wildman–Crippen LogP) is 2.30. The Bertz CT molecular complexity index is 1080. The van der Waals surface area contributed by atoms with Crippen LogP contribution in [0.4, 0.5) is 0 Å². The number of carbonyl (C=O) groups is 1. The minimum absolute atomic E-state index is 0.0548. The van der Waals surface area contributed by atoms with Gasteiger partial charge in [-0.05, 0) is 38.1 Å². The molecule has 0 spiro atoms. The van der Waals surface area contributed by atoms with Crippen molar-refractivity contribution < 1.29 is 14.4 Å². The van der Waals surface area contributed by atoms with Crippen LogP contribution < -0.4 is 15.2 Å². The van der Waals surface area contributed by atoms with E-state index in [0.29, 0.717) is 33.9 Å². The lowest BCUT2D eigenvalue weighted by molar-refractivity contribution is -0.897. The van der Waals surface area contributed by atoms with E-state index in [2.05, 4.69) is 13.8 Å². The topological polar surface area (TPSA) is 65.6 Å². The number of hydrogen-bond donors (Lipinski definition) is 1. The van der Waals surface area contributed by atoms with Gasteiger partial charge in [0.25, 0.3) is 5.56 Å². The number of quaternary nitrogens is 1. The average Bonchev–Trinajstić information content (AvgIpc) is 2.79. The summed E-state index contributed by atoms with van der Waals surface area (Å²) in [5.41, 5.74) is 1.13. The smallest absolute Gasteiger partial charge is 0.262 e. The van der Waals surface area contributed by atoms with Gasteiger partial charge in [-0.25, -0.2) is 4.98 Å². The third-order valence-corrected chi connectivity index (χ3v) is 6.23. The van der Waals surface area contributed by atoms with E-state index in [1.807, 2.05) is 30.3 Å². The Kier molecular flexibility index (Phi) is 7.65. The standard InChI is InChI=1S/C23H27N3O3S/c1-4-25(5-2)14-15-26-22(28)17-10-6-8-12-19(17)24-23(26)30-16-20(27)18-11-7-9-13-21(18)29-3/h6-13H,4-5,14-16H2,1-3H3/p+1. The Labute approximate surface area is 180 Å². The van der Waals surface area contributed by atoms with Crippen LogP contribution in [0, 0.1) is 0 Å². The van der Waals surface area contributed by atoms with Crippen molar-refractivity contribution in [2.24, 2.45) is 0 Å². The van der Waals surface area contributed by atoms with Gasteiger partial charge in [-0.3, -0.25) is 14.2 Å². The number of benzene rings is 2. The molecule has 1 heterocycles. The number of nitrogens with one attached hydrogen (secondary N) is 1. The Balaban J connectivity index is 1.90. The number of rotatable bonds is 10. The number of methoxy groups -OCH3 is 1. The van der Waals surface area contributed by atoms with Gasteiger partial charge in [0.05, 0.1) is 55.5 Å². The molecule has 0 aliphatic rings. The monoisotopic (exact) mass is 426 g/mol. The van der Waals surface area contributed by atoms with Crippen LogP contribution in [0.25, 0.3) is 10.9 Å². The lowest BCUT2D eigenvalue weighted by atomic mass is 10.1. The summed E-state index contributed by atoms with van der Waals surface area (Å²) in [5, 5.41) is 1.18. The van der Waals surface area contributed by atoms with Gasteiger partial charge in [-0.1, -0.05) is 36.0 Å². The minimum atomic E-state index is -0.0561. The highest BCUT2D eigenvalue weighted by molar-refractivity contribution is 7.99. The molecule has 0 atom stereocenters. The Hall–Kier alpha value is -2.64. The molecule has 158 valence electrons. The van der Waals surface area contributed by atoms with Crippen LogP contribution in [-0.4, -0.2) is 47.8 Å². The zero-order chi connectivity index (χ0) is 21.5.